The number of hydrogen-bond acceptors (Lipinski definition) is 6. The Hall–Kier alpha value is -3.13. The SMILES string of the molecule is N[C@H](CNc1nc(-c2ccncc2)nc2c(-c3ccc(Br)cc3)csc12)Cc1ccccc1. The maximum absolute atomic E-state index is 6.44. The Labute approximate surface area is 204 Å². The number of rotatable bonds is 7. The van der Waals surface area contributed by atoms with Crippen LogP contribution < -0.4 is 11.1 Å². The van der Waals surface area contributed by atoms with E-state index in [2.05, 4.69) is 55.9 Å². The first-order valence-electron chi connectivity index (χ1n) is 10.7. The Morgan fingerprint density at radius 3 is 2.42 bits per heavy atom. The van der Waals surface area contributed by atoms with E-state index in [0.717, 1.165) is 43.6 Å². The molecular formula is C26H22BrN5S. The molecule has 0 aliphatic carbocycles. The van der Waals surface area contributed by atoms with E-state index in [4.69, 9.17) is 15.7 Å². The van der Waals surface area contributed by atoms with Gasteiger partial charge in [0.25, 0.3) is 0 Å². The Kier molecular flexibility index (Phi) is 6.44. The molecule has 0 aliphatic rings. The van der Waals surface area contributed by atoms with Crippen LogP contribution in [0.4, 0.5) is 5.82 Å². The molecule has 0 fully saturated rings. The van der Waals surface area contributed by atoms with Gasteiger partial charge in [-0.15, -0.1) is 11.3 Å². The number of fused-ring (bicyclic) bond motifs is 1. The molecule has 5 rings (SSSR count). The predicted molar refractivity (Wildman–Crippen MR) is 140 cm³/mol. The number of pyridine rings is 1. The molecule has 7 heteroatoms. The van der Waals surface area contributed by atoms with E-state index in [1.54, 1.807) is 23.7 Å². The number of halogens is 1. The van der Waals surface area contributed by atoms with Crippen LogP contribution in [0.15, 0.2) is 89.0 Å². The summed E-state index contributed by atoms with van der Waals surface area (Å²) in [7, 11) is 0. The molecule has 1 atom stereocenters. The van der Waals surface area contributed by atoms with Crippen molar-refractivity contribution in [3.8, 4) is 22.5 Å². The number of anilines is 1. The second-order valence-corrected chi connectivity index (χ2v) is 9.59. The lowest BCUT2D eigenvalue weighted by atomic mass is 10.1. The summed E-state index contributed by atoms with van der Waals surface area (Å²) in [5.41, 5.74) is 11.7. The van der Waals surface area contributed by atoms with Gasteiger partial charge in [-0.2, -0.15) is 0 Å². The molecule has 0 amide bonds. The molecule has 0 spiro atoms. The summed E-state index contributed by atoms with van der Waals surface area (Å²) in [4.78, 5) is 13.9. The standard InChI is InChI=1S/C26H22BrN5S/c27-20-8-6-18(7-9-20)22-16-33-24-23(22)31-25(19-10-12-29-13-11-19)32-26(24)30-15-21(28)14-17-4-2-1-3-5-17/h1-13,16,21H,14-15,28H2,(H,30,31,32)/t21-/m0/s1. The minimum absolute atomic E-state index is 0.0345. The van der Waals surface area contributed by atoms with Crippen molar-refractivity contribution in [3.63, 3.8) is 0 Å². The molecule has 5 nitrogen and oxygen atoms in total. The van der Waals surface area contributed by atoms with Gasteiger partial charge in [0.05, 0.1) is 10.2 Å². The molecule has 5 aromatic rings. The van der Waals surface area contributed by atoms with Crippen LogP contribution in [-0.2, 0) is 6.42 Å². The highest BCUT2D eigenvalue weighted by Crippen LogP contribution is 2.37. The lowest BCUT2D eigenvalue weighted by Crippen LogP contribution is -2.31. The van der Waals surface area contributed by atoms with E-state index in [0.29, 0.717) is 12.4 Å². The summed E-state index contributed by atoms with van der Waals surface area (Å²) in [5, 5.41) is 5.65. The van der Waals surface area contributed by atoms with Crippen LogP contribution in [0.3, 0.4) is 0 Å². The van der Waals surface area contributed by atoms with Crippen molar-refractivity contribution in [2.45, 2.75) is 12.5 Å². The fraction of sp³-hybridized carbons (Fsp3) is 0.115. The molecule has 33 heavy (non-hydrogen) atoms. The van der Waals surface area contributed by atoms with Crippen molar-refractivity contribution < 1.29 is 0 Å². The number of thiophene rings is 1. The number of hydrogen-bond donors (Lipinski definition) is 2. The smallest absolute Gasteiger partial charge is 0.162 e. The third kappa shape index (κ3) is 4.95. The Morgan fingerprint density at radius 2 is 1.67 bits per heavy atom. The molecule has 3 heterocycles. The molecule has 0 aliphatic heterocycles. The summed E-state index contributed by atoms with van der Waals surface area (Å²) in [5.74, 6) is 1.48. The molecular weight excluding hydrogens is 494 g/mol. The second kappa shape index (κ2) is 9.79. The summed E-state index contributed by atoms with van der Waals surface area (Å²) < 4.78 is 2.07. The van der Waals surface area contributed by atoms with Crippen LogP contribution in [0.1, 0.15) is 5.56 Å². The van der Waals surface area contributed by atoms with Crippen molar-refractivity contribution in [1.82, 2.24) is 15.0 Å². The summed E-state index contributed by atoms with van der Waals surface area (Å²) in [6, 6.07) is 22.4. The Balaban J connectivity index is 1.50. The average molecular weight is 516 g/mol. The van der Waals surface area contributed by atoms with Crippen LogP contribution >= 0.6 is 27.3 Å². The number of benzene rings is 2. The second-order valence-electron chi connectivity index (χ2n) is 7.80. The lowest BCUT2D eigenvalue weighted by molar-refractivity contribution is 0.698. The largest absolute Gasteiger partial charge is 0.367 e. The van der Waals surface area contributed by atoms with Gasteiger partial charge in [0.1, 0.15) is 5.82 Å². The first-order chi connectivity index (χ1) is 16.2. The molecule has 0 saturated carbocycles. The van der Waals surface area contributed by atoms with Gasteiger partial charge < -0.3 is 11.1 Å². The van der Waals surface area contributed by atoms with Gasteiger partial charge in [-0.3, -0.25) is 4.98 Å². The minimum Gasteiger partial charge on any atom is -0.367 e. The molecule has 0 radical (unpaired) electrons. The molecule has 3 N–H and O–H groups in total. The van der Waals surface area contributed by atoms with Crippen LogP contribution in [0, 0.1) is 0 Å². The van der Waals surface area contributed by atoms with E-state index in [1.165, 1.54) is 5.56 Å². The van der Waals surface area contributed by atoms with Gasteiger partial charge in [-0.25, -0.2) is 9.97 Å². The zero-order valence-corrected chi connectivity index (χ0v) is 20.2. The van der Waals surface area contributed by atoms with Crippen molar-refractivity contribution in [2.24, 2.45) is 5.73 Å². The monoisotopic (exact) mass is 515 g/mol. The zero-order chi connectivity index (χ0) is 22.6. The normalized spacial score (nSPS) is 12.1. The van der Waals surface area contributed by atoms with Crippen LogP contribution in [0.2, 0.25) is 0 Å². The third-order valence-electron chi connectivity index (χ3n) is 5.38. The molecule has 0 bridgehead atoms. The van der Waals surface area contributed by atoms with Crippen LogP contribution in [0.5, 0.6) is 0 Å². The van der Waals surface area contributed by atoms with E-state index >= 15 is 0 Å². The van der Waals surface area contributed by atoms with Gasteiger partial charge in [-0.1, -0.05) is 58.4 Å². The fourth-order valence-corrected chi connectivity index (χ4v) is 4.96. The molecule has 3 aromatic heterocycles. The number of nitrogens with two attached hydrogens (primary N) is 1. The van der Waals surface area contributed by atoms with Crippen molar-refractivity contribution in [3.05, 3.63) is 94.5 Å². The maximum Gasteiger partial charge on any atom is 0.162 e. The highest BCUT2D eigenvalue weighted by molar-refractivity contribution is 9.10. The summed E-state index contributed by atoms with van der Waals surface area (Å²) >= 11 is 5.17. The number of nitrogens with zero attached hydrogens (tertiary/aromatic N) is 3. The summed E-state index contributed by atoms with van der Waals surface area (Å²) in [6.45, 7) is 0.613. The molecule has 164 valence electrons. The predicted octanol–water partition coefficient (Wildman–Crippen LogP) is 6.16. The van der Waals surface area contributed by atoms with Gasteiger partial charge in [0.15, 0.2) is 5.82 Å². The van der Waals surface area contributed by atoms with Gasteiger partial charge in [0.2, 0.25) is 0 Å². The molecule has 0 saturated heterocycles. The highest BCUT2D eigenvalue weighted by atomic mass is 79.9. The first-order valence-corrected chi connectivity index (χ1v) is 12.3. The van der Waals surface area contributed by atoms with Crippen LogP contribution in [0.25, 0.3) is 32.7 Å². The lowest BCUT2D eigenvalue weighted by Gasteiger charge is -2.15. The van der Waals surface area contributed by atoms with Gasteiger partial charge in [0, 0.05) is 46.0 Å². The number of nitrogens with one attached hydrogen (secondary N) is 1. The topological polar surface area (TPSA) is 76.7 Å². The zero-order valence-electron chi connectivity index (χ0n) is 17.8. The number of aromatic nitrogens is 3. The summed E-state index contributed by atoms with van der Waals surface area (Å²) in [6.07, 6.45) is 4.32. The van der Waals surface area contributed by atoms with Crippen molar-refractivity contribution >= 4 is 43.3 Å². The molecule has 0 unspecified atom stereocenters. The van der Waals surface area contributed by atoms with E-state index in [9.17, 15) is 0 Å². The fourth-order valence-electron chi connectivity index (χ4n) is 3.72. The van der Waals surface area contributed by atoms with E-state index < -0.39 is 0 Å². The van der Waals surface area contributed by atoms with Crippen LogP contribution in [-0.4, -0.2) is 27.5 Å². The highest BCUT2D eigenvalue weighted by Gasteiger charge is 2.16. The minimum atomic E-state index is -0.0345. The Bertz CT molecular complexity index is 1350. The van der Waals surface area contributed by atoms with Gasteiger partial charge >= 0.3 is 0 Å². The first kappa shape index (κ1) is 21.7. The van der Waals surface area contributed by atoms with E-state index in [-0.39, 0.29) is 6.04 Å². The van der Waals surface area contributed by atoms with E-state index in [1.807, 2.05) is 42.5 Å². The van der Waals surface area contributed by atoms with Crippen molar-refractivity contribution in [1.29, 1.82) is 0 Å². The molecule has 2 aromatic carbocycles. The maximum atomic E-state index is 6.44. The third-order valence-corrected chi connectivity index (χ3v) is 6.89. The Morgan fingerprint density at radius 1 is 0.909 bits per heavy atom. The quantitative estimate of drug-likeness (QED) is 0.271. The average Bonchev–Trinajstić information content (AvgIpc) is 3.28. The van der Waals surface area contributed by atoms with Gasteiger partial charge in [-0.05, 0) is 41.8 Å². The van der Waals surface area contributed by atoms with Crippen molar-refractivity contribution in [2.75, 3.05) is 11.9 Å².